The molecule has 0 amide bonds. The molecule has 0 saturated heterocycles. The number of hydrogen-bond acceptors (Lipinski definition) is 4. The van der Waals surface area contributed by atoms with Crippen molar-refractivity contribution < 1.29 is 13.2 Å². The molecule has 9 aromatic rings. The molecule has 0 fully saturated rings. The molecule has 0 spiro atoms. The highest BCUT2D eigenvalue weighted by Crippen LogP contribution is 2.44. The Bertz CT molecular complexity index is 2580. The van der Waals surface area contributed by atoms with Gasteiger partial charge in [0.2, 0.25) is 0 Å². The van der Waals surface area contributed by atoms with E-state index >= 15 is 0 Å². The van der Waals surface area contributed by atoms with Crippen LogP contribution in [0.15, 0.2) is 144 Å². The van der Waals surface area contributed by atoms with Gasteiger partial charge in [-0.25, -0.2) is 23.7 Å². The van der Waals surface area contributed by atoms with Gasteiger partial charge in [0.25, 0.3) is 0 Å². The average Bonchev–Trinajstić information content (AvgIpc) is 3.51. The largest absolute Gasteiger partial charge is 0.455 e. The lowest BCUT2D eigenvalue weighted by Gasteiger charge is -2.12. The summed E-state index contributed by atoms with van der Waals surface area (Å²) in [5, 5.41) is 6.23. The fraction of sp³-hybridized carbons (Fsp3) is 0. The molecule has 47 heavy (non-hydrogen) atoms. The fourth-order valence-corrected chi connectivity index (χ4v) is 6.47. The number of rotatable bonds is 4. The van der Waals surface area contributed by atoms with Gasteiger partial charge in [-0.15, -0.1) is 0 Å². The van der Waals surface area contributed by atoms with E-state index in [9.17, 15) is 8.78 Å². The molecular weight excluding hydrogens is 588 g/mol. The van der Waals surface area contributed by atoms with Crippen molar-refractivity contribution in [2.75, 3.05) is 0 Å². The van der Waals surface area contributed by atoms with Gasteiger partial charge in [0, 0.05) is 32.8 Å². The predicted molar refractivity (Wildman–Crippen MR) is 184 cm³/mol. The van der Waals surface area contributed by atoms with Crippen LogP contribution >= 0.6 is 0 Å². The molecule has 2 aromatic heterocycles. The van der Waals surface area contributed by atoms with Crippen molar-refractivity contribution >= 4 is 43.5 Å². The van der Waals surface area contributed by atoms with Gasteiger partial charge in [-0.05, 0) is 87.9 Å². The van der Waals surface area contributed by atoms with Crippen molar-refractivity contribution in [3.8, 4) is 45.3 Å². The molecule has 0 aliphatic rings. The zero-order valence-electron chi connectivity index (χ0n) is 24.8. The average molecular weight is 612 g/mol. The Balaban J connectivity index is 1.35. The number of nitrogens with zero attached hydrogens (tertiary/aromatic N) is 3. The summed E-state index contributed by atoms with van der Waals surface area (Å²) in [4.78, 5) is 14.5. The van der Waals surface area contributed by atoms with Crippen molar-refractivity contribution in [1.82, 2.24) is 15.0 Å². The molecule has 0 atom stereocenters. The lowest BCUT2D eigenvalue weighted by atomic mass is 9.91. The molecule has 0 aliphatic carbocycles. The van der Waals surface area contributed by atoms with E-state index in [0.29, 0.717) is 34.2 Å². The molecule has 7 aromatic carbocycles. The van der Waals surface area contributed by atoms with Crippen molar-refractivity contribution in [3.63, 3.8) is 0 Å². The normalized spacial score (nSPS) is 11.6. The maximum absolute atomic E-state index is 13.9. The first-order valence-corrected chi connectivity index (χ1v) is 15.2. The van der Waals surface area contributed by atoms with Crippen molar-refractivity contribution in [2.45, 2.75) is 0 Å². The molecule has 0 aliphatic heterocycles. The van der Waals surface area contributed by atoms with Crippen LogP contribution in [0.5, 0.6) is 0 Å². The minimum atomic E-state index is -0.356. The number of benzene rings is 7. The molecule has 222 valence electrons. The van der Waals surface area contributed by atoms with Gasteiger partial charge in [0.1, 0.15) is 22.8 Å². The highest BCUT2D eigenvalue weighted by molar-refractivity contribution is 6.23. The van der Waals surface area contributed by atoms with Crippen LogP contribution in [-0.4, -0.2) is 15.0 Å². The third-order valence-electron chi connectivity index (χ3n) is 8.66. The smallest absolute Gasteiger partial charge is 0.164 e. The Morgan fingerprint density at radius 3 is 1.68 bits per heavy atom. The quantitative estimate of drug-likeness (QED) is 0.199. The van der Waals surface area contributed by atoms with Crippen molar-refractivity contribution in [2.24, 2.45) is 0 Å². The molecule has 9 rings (SSSR count). The highest BCUT2D eigenvalue weighted by Gasteiger charge is 2.21. The van der Waals surface area contributed by atoms with Gasteiger partial charge in [-0.1, -0.05) is 78.9 Å². The van der Waals surface area contributed by atoms with Gasteiger partial charge < -0.3 is 4.42 Å². The standard InChI is InChI=1S/C41H23F2N3O/c42-27-19-15-25(16-20-27)39-44-40(26-17-21-28(43)22-18-26)46-41(45-39)33-13-6-14-36-37(33)35-23-34(31-10-3-4-11-32(31)38(35)47-36)30-12-5-8-24-7-1-2-9-29(24)30/h1-23H. The van der Waals surface area contributed by atoms with Gasteiger partial charge >= 0.3 is 0 Å². The summed E-state index contributed by atoms with van der Waals surface area (Å²) in [5.74, 6) is 0.463. The molecule has 2 heterocycles. The van der Waals surface area contributed by atoms with Crippen LogP contribution in [0.2, 0.25) is 0 Å². The number of aromatic nitrogens is 3. The second-order valence-electron chi connectivity index (χ2n) is 11.5. The zero-order valence-corrected chi connectivity index (χ0v) is 24.8. The highest BCUT2D eigenvalue weighted by atomic mass is 19.1. The SMILES string of the molecule is Fc1ccc(-c2nc(-c3ccc(F)cc3)nc(-c3cccc4oc5c6ccccc6c(-c6cccc7ccccc67)cc5c34)n2)cc1. The van der Waals surface area contributed by atoms with E-state index in [-0.39, 0.29) is 11.6 Å². The third-order valence-corrected chi connectivity index (χ3v) is 8.66. The minimum absolute atomic E-state index is 0.356. The summed E-state index contributed by atoms with van der Waals surface area (Å²) in [6, 6.07) is 43.2. The third kappa shape index (κ3) is 4.53. The van der Waals surface area contributed by atoms with Gasteiger partial charge in [0.05, 0.1) is 0 Å². The van der Waals surface area contributed by atoms with E-state index in [4.69, 9.17) is 19.4 Å². The molecule has 0 bridgehead atoms. The number of hydrogen-bond donors (Lipinski definition) is 0. The van der Waals surface area contributed by atoms with E-state index < -0.39 is 0 Å². The molecule has 0 saturated carbocycles. The zero-order chi connectivity index (χ0) is 31.5. The lowest BCUT2D eigenvalue weighted by Crippen LogP contribution is -2.00. The van der Waals surface area contributed by atoms with E-state index in [1.54, 1.807) is 24.3 Å². The Hall–Kier alpha value is -6.27. The van der Waals surface area contributed by atoms with E-state index in [1.165, 1.54) is 29.7 Å². The van der Waals surface area contributed by atoms with Crippen LogP contribution in [0, 0.1) is 11.6 Å². The lowest BCUT2D eigenvalue weighted by molar-refractivity contribution is 0.627. The van der Waals surface area contributed by atoms with Crippen LogP contribution < -0.4 is 0 Å². The first kappa shape index (κ1) is 27.1. The van der Waals surface area contributed by atoms with Crippen molar-refractivity contribution in [1.29, 1.82) is 0 Å². The van der Waals surface area contributed by atoms with E-state index in [0.717, 1.165) is 49.2 Å². The molecule has 4 nitrogen and oxygen atoms in total. The Kier molecular flexibility index (Phi) is 6.15. The first-order chi connectivity index (χ1) is 23.1. The monoisotopic (exact) mass is 611 g/mol. The maximum atomic E-state index is 13.9. The van der Waals surface area contributed by atoms with E-state index in [1.807, 2.05) is 24.3 Å². The van der Waals surface area contributed by atoms with Crippen LogP contribution in [0.25, 0.3) is 88.8 Å². The number of fused-ring (bicyclic) bond motifs is 6. The Morgan fingerprint density at radius 1 is 0.426 bits per heavy atom. The molecule has 6 heteroatoms. The second-order valence-corrected chi connectivity index (χ2v) is 11.5. The topological polar surface area (TPSA) is 51.8 Å². The summed E-state index contributed by atoms with van der Waals surface area (Å²) >= 11 is 0. The van der Waals surface area contributed by atoms with Crippen LogP contribution in [-0.2, 0) is 0 Å². The van der Waals surface area contributed by atoms with Gasteiger partial charge in [-0.2, -0.15) is 0 Å². The summed E-state index contributed by atoms with van der Waals surface area (Å²) < 4.78 is 34.3. The molecule has 0 radical (unpaired) electrons. The summed E-state index contributed by atoms with van der Waals surface area (Å²) in [7, 11) is 0. The predicted octanol–water partition coefficient (Wildman–Crippen LogP) is 11.0. The van der Waals surface area contributed by atoms with Crippen LogP contribution in [0.3, 0.4) is 0 Å². The van der Waals surface area contributed by atoms with Crippen molar-refractivity contribution in [3.05, 3.63) is 151 Å². The molecule has 0 N–H and O–H groups in total. The molecular formula is C41H23F2N3O. The second kappa shape index (κ2) is 10.7. The van der Waals surface area contributed by atoms with E-state index in [2.05, 4.69) is 66.7 Å². The van der Waals surface area contributed by atoms with Crippen LogP contribution in [0.1, 0.15) is 0 Å². The Labute approximate surface area is 267 Å². The minimum Gasteiger partial charge on any atom is -0.455 e. The first-order valence-electron chi connectivity index (χ1n) is 15.2. The maximum Gasteiger partial charge on any atom is 0.164 e. The van der Waals surface area contributed by atoms with Crippen LogP contribution in [0.4, 0.5) is 8.78 Å². The summed E-state index contributed by atoms with van der Waals surface area (Å²) in [6.45, 7) is 0. The Morgan fingerprint density at radius 2 is 0.979 bits per heavy atom. The van der Waals surface area contributed by atoms with Gasteiger partial charge in [-0.3, -0.25) is 0 Å². The molecule has 0 unspecified atom stereocenters. The fourth-order valence-electron chi connectivity index (χ4n) is 6.47. The number of halogens is 2. The van der Waals surface area contributed by atoms with Gasteiger partial charge in [0.15, 0.2) is 17.5 Å². The summed E-state index contributed by atoms with van der Waals surface area (Å²) in [5.41, 5.74) is 5.72. The number of furan rings is 1. The summed E-state index contributed by atoms with van der Waals surface area (Å²) in [6.07, 6.45) is 0.